The quantitative estimate of drug-likeness (QED) is 0.255. The Morgan fingerprint density at radius 3 is 2.58 bits per heavy atom. The van der Waals surface area contributed by atoms with Crippen LogP contribution in [0.5, 0.6) is 5.75 Å². The Balaban J connectivity index is 0.00000148. The summed E-state index contributed by atoms with van der Waals surface area (Å²) in [6, 6.07) is 21.9. The number of hydrogen-bond acceptors (Lipinski definition) is 6. The first-order chi connectivity index (χ1) is 17.6. The fourth-order valence-corrected chi connectivity index (χ4v) is 3.77. The Labute approximate surface area is 210 Å². The molecule has 0 atom stereocenters. The minimum Gasteiger partial charge on any atom is -0.489 e. The van der Waals surface area contributed by atoms with Gasteiger partial charge in [-0.15, -0.1) is 0 Å². The molecular formula is C29H29FN4O2. The van der Waals surface area contributed by atoms with Crippen LogP contribution in [0.4, 0.5) is 15.9 Å². The summed E-state index contributed by atoms with van der Waals surface area (Å²) in [6.07, 6.45) is 1.53. The molecule has 184 valence electrons. The normalized spacial score (nSPS) is 10.6. The van der Waals surface area contributed by atoms with Crippen LogP contribution in [0.25, 0.3) is 22.2 Å². The maximum Gasteiger partial charge on any atom is 0.141 e. The van der Waals surface area contributed by atoms with Crippen molar-refractivity contribution in [2.45, 2.75) is 33.9 Å². The highest BCUT2D eigenvalue weighted by Gasteiger charge is 2.10. The number of halogens is 1. The van der Waals surface area contributed by atoms with Gasteiger partial charge in [-0.25, -0.2) is 14.4 Å². The summed E-state index contributed by atoms with van der Waals surface area (Å²) in [4.78, 5) is 8.84. The monoisotopic (exact) mass is 484 g/mol. The van der Waals surface area contributed by atoms with Gasteiger partial charge in [0, 0.05) is 16.6 Å². The van der Waals surface area contributed by atoms with E-state index in [4.69, 9.17) is 14.9 Å². The van der Waals surface area contributed by atoms with Gasteiger partial charge in [0.25, 0.3) is 0 Å². The second-order valence-electron chi connectivity index (χ2n) is 7.95. The van der Waals surface area contributed by atoms with Crippen LogP contribution in [0, 0.1) is 12.7 Å². The minimum atomic E-state index is -0.274. The zero-order chi connectivity index (χ0) is 25.5. The van der Waals surface area contributed by atoms with Crippen molar-refractivity contribution in [2.75, 3.05) is 5.32 Å². The second kappa shape index (κ2) is 11.5. The lowest BCUT2D eigenvalue weighted by Crippen LogP contribution is -1.99. The van der Waals surface area contributed by atoms with Crippen LogP contribution in [0.1, 0.15) is 30.7 Å². The van der Waals surface area contributed by atoms with Gasteiger partial charge in [0.15, 0.2) is 0 Å². The molecule has 0 aliphatic carbocycles. The first-order valence-electron chi connectivity index (χ1n) is 11.9. The zero-order valence-electron chi connectivity index (χ0n) is 20.6. The number of anilines is 2. The molecule has 0 spiro atoms. The van der Waals surface area contributed by atoms with Crippen LogP contribution in [0.3, 0.4) is 0 Å². The van der Waals surface area contributed by atoms with Crippen molar-refractivity contribution < 1.29 is 13.5 Å². The number of aromatic nitrogens is 2. The largest absolute Gasteiger partial charge is 0.489 e. The van der Waals surface area contributed by atoms with E-state index in [2.05, 4.69) is 15.3 Å². The van der Waals surface area contributed by atoms with E-state index in [0.717, 1.165) is 50.6 Å². The number of rotatable bonds is 7. The molecule has 7 heteroatoms. The molecule has 0 bridgehead atoms. The Kier molecular flexibility index (Phi) is 7.92. The van der Waals surface area contributed by atoms with Gasteiger partial charge in [-0.1, -0.05) is 26.0 Å². The Morgan fingerprint density at radius 2 is 1.83 bits per heavy atom. The third kappa shape index (κ3) is 5.70. The SMILES string of the molecule is CC.Cc1cc(Nc2ncnc3ccc(-c4ccc(CN)o4)cc23)ccc1OCc1cccc(F)c1. The number of furan rings is 1. The van der Waals surface area contributed by atoms with E-state index in [1.165, 1.54) is 18.5 Å². The zero-order valence-corrected chi connectivity index (χ0v) is 20.6. The third-order valence-electron chi connectivity index (χ3n) is 5.50. The first-order valence-corrected chi connectivity index (χ1v) is 11.9. The highest BCUT2D eigenvalue weighted by molar-refractivity contribution is 5.93. The maximum atomic E-state index is 13.4. The second-order valence-corrected chi connectivity index (χ2v) is 7.95. The smallest absolute Gasteiger partial charge is 0.141 e. The number of nitrogens with two attached hydrogens (primary N) is 1. The third-order valence-corrected chi connectivity index (χ3v) is 5.50. The molecular weight excluding hydrogens is 455 g/mol. The predicted molar refractivity (Wildman–Crippen MR) is 142 cm³/mol. The lowest BCUT2D eigenvalue weighted by atomic mass is 10.1. The van der Waals surface area contributed by atoms with Crippen molar-refractivity contribution in [3.63, 3.8) is 0 Å². The summed E-state index contributed by atoms with van der Waals surface area (Å²) >= 11 is 0. The van der Waals surface area contributed by atoms with E-state index in [-0.39, 0.29) is 5.82 Å². The van der Waals surface area contributed by atoms with Gasteiger partial charge in [-0.2, -0.15) is 0 Å². The van der Waals surface area contributed by atoms with Gasteiger partial charge in [0.2, 0.25) is 0 Å². The number of benzene rings is 3. The van der Waals surface area contributed by atoms with E-state index in [1.54, 1.807) is 6.07 Å². The first kappa shape index (κ1) is 24.9. The van der Waals surface area contributed by atoms with Crippen LogP contribution >= 0.6 is 0 Å². The number of hydrogen-bond donors (Lipinski definition) is 2. The predicted octanol–water partition coefficient (Wildman–Crippen LogP) is 7.14. The lowest BCUT2D eigenvalue weighted by Gasteiger charge is -2.13. The molecule has 5 aromatic rings. The maximum absolute atomic E-state index is 13.4. The van der Waals surface area contributed by atoms with E-state index in [1.807, 2.05) is 75.4 Å². The Hall–Kier alpha value is -4.23. The topological polar surface area (TPSA) is 86.2 Å². The summed E-state index contributed by atoms with van der Waals surface area (Å²) in [5, 5.41) is 4.25. The molecule has 0 saturated heterocycles. The van der Waals surface area contributed by atoms with Crippen LogP contribution in [-0.4, -0.2) is 9.97 Å². The molecule has 2 heterocycles. The molecule has 0 unspecified atom stereocenters. The Morgan fingerprint density at radius 1 is 0.972 bits per heavy atom. The van der Waals surface area contributed by atoms with Gasteiger partial charge in [0.1, 0.15) is 41.8 Å². The summed E-state index contributed by atoms with van der Waals surface area (Å²) in [7, 11) is 0. The molecule has 3 aromatic carbocycles. The summed E-state index contributed by atoms with van der Waals surface area (Å²) < 4.78 is 25.1. The lowest BCUT2D eigenvalue weighted by molar-refractivity contribution is 0.303. The molecule has 5 rings (SSSR count). The number of ether oxygens (including phenoxy) is 1. The van der Waals surface area contributed by atoms with E-state index >= 15 is 0 Å². The van der Waals surface area contributed by atoms with Crippen LogP contribution in [0.15, 0.2) is 83.5 Å². The standard InChI is InChI=1S/C27H23FN4O2.C2H6/c1-17-11-21(6-9-25(17)33-15-18-3-2-4-20(28)12-18)32-27-23-13-19(5-8-24(23)30-16-31-27)26-10-7-22(14-29)34-26;1-2/h2-13,16H,14-15,29H2,1H3,(H,30,31,32);1-2H3. The van der Waals surface area contributed by atoms with Crippen LogP contribution in [0.2, 0.25) is 0 Å². The van der Waals surface area contributed by atoms with Crippen molar-refractivity contribution >= 4 is 22.4 Å². The Bertz CT molecular complexity index is 1470. The number of fused-ring (bicyclic) bond motifs is 1. The number of nitrogens with one attached hydrogen (secondary N) is 1. The highest BCUT2D eigenvalue weighted by Crippen LogP contribution is 2.31. The molecule has 0 aliphatic rings. The molecule has 0 aliphatic heterocycles. The summed E-state index contributed by atoms with van der Waals surface area (Å²) in [5.41, 5.74) is 10.0. The molecule has 0 radical (unpaired) electrons. The average Bonchev–Trinajstić information content (AvgIpc) is 3.39. The molecule has 0 amide bonds. The van der Waals surface area contributed by atoms with Crippen LogP contribution < -0.4 is 15.8 Å². The van der Waals surface area contributed by atoms with E-state index in [0.29, 0.717) is 19.0 Å². The van der Waals surface area contributed by atoms with Gasteiger partial charge in [-0.3, -0.25) is 0 Å². The molecule has 3 N–H and O–H groups in total. The van der Waals surface area contributed by atoms with E-state index < -0.39 is 0 Å². The molecule has 36 heavy (non-hydrogen) atoms. The molecule has 0 fully saturated rings. The average molecular weight is 485 g/mol. The molecule has 6 nitrogen and oxygen atoms in total. The molecule has 0 saturated carbocycles. The van der Waals surface area contributed by atoms with Gasteiger partial charge < -0.3 is 20.2 Å². The van der Waals surface area contributed by atoms with Gasteiger partial charge >= 0.3 is 0 Å². The van der Waals surface area contributed by atoms with Crippen molar-refractivity contribution in [2.24, 2.45) is 5.73 Å². The van der Waals surface area contributed by atoms with Crippen molar-refractivity contribution in [3.8, 4) is 17.1 Å². The fraction of sp³-hybridized carbons (Fsp3) is 0.172. The van der Waals surface area contributed by atoms with E-state index in [9.17, 15) is 4.39 Å². The fourth-order valence-electron chi connectivity index (χ4n) is 3.77. The minimum absolute atomic E-state index is 0.274. The number of aryl methyl sites for hydroxylation is 1. The highest BCUT2D eigenvalue weighted by atomic mass is 19.1. The van der Waals surface area contributed by atoms with Gasteiger partial charge in [0.05, 0.1) is 12.1 Å². The molecule has 2 aromatic heterocycles. The van der Waals surface area contributed by atoms with Gasteiger partial charge in [-0.05, 0) is 78.7 Å². The summed E-state index contributed by atoms with van der Waals surface area (Å²) in [5.74, 6) is 2.62. The number of nitrogens with zero attached hydrogens (tertiary/aromatic N) is 2. The summed E-state index contributed by atoms with van der Waals surface area (Å²) in [6.45, 7) is 6.61. The van der Waals surface area contributed by atoms with Crippen molar-refractivity contribution in [1.29, 1.82) is 0 Å². The van der Waals surface area contributed by atoms with Crippen LogP contribution in [-0.2, 0) is 13.2 Å². The van der Waals surface area contributed by atoms with Crippen molar-refractivity contribution in [1.82, 2.24) is 9.97 Å². The van der Waals surface area contributed by atoms with Crippen molar-refractivity contribution in [3.05, 3.63) is 102 Å².